The third-order valence-electron chi connectivity index (χ3n) is 14.7. The molecule has 5 nitrogen and oxygen atoms in total. The van der Waals surface area contributed by atoms with E-state index in [1.54, 1.807) is 0 Å². The third-order valence-corrected chi connectivity index (χ3v) is 14.7. The fourth-order valence-corrected chi connectivity index (χ4v) is 10.1. The van der Waals surface area contributed by atoms with Gasteiger partial charge in [0.2, 0.25) is 0 Å². The van der Waals surface area contributed by atoms with Gasteiger partial charge in [0.1, 0.15) is 11.5 Å². The quantitative estimate of drug-likeness (QED) is 0.0377. The zero-order valence-corrected chi connectivity index (χ0v) is 49.5. The van der Waals surface area contributed by atoms with Gasteiger partial charge >= 0.3 is 33.3 Å². The molecule has 0 saturated carbocycles. The van der Waals surface area contributed by atoms with Crippen molar-refractivity contribution in [1.82, 2.24) is 0 Å². The van der Waals surface area contributed by atoms with Crippen molar-refractivity contribution in [2.24, 2.45) is 9.98 Å². The van der Waals surface area contributed by atoms with Crippen LogP contribution < -0.4 is 9.47 Å². The number of halogens is 2. The molecule has 1 aliphatic rings. The van der Waals surface area contributed by atoms with E-state index in [0.717, 1.165) is 90.7 Å². The number of hydrogen-bond acceptors (Lipinski definition) is 4. The first-order valence-corrected chi connectivity index (χ1v) is 33.0. The molecule has 0 radical (unpaired) electrons. The number of hydrogen-bond donors (Lipinski definition) is 0. The Bertz CT molecular complexity index is 1490. The Balaban J connectivity index is 0.00000561. The molecule has 1 aliphatic heterocycles. The van der Waals surface area contributed by atoms with Gasteiger partial charge in [0.05, 0.1) is 24.6 Å². The Labute approximate surface area is 454 Å². The molecule has 3 rings (SSSR count). The molecular formula is C63H108Cl2FeN3O2. The van der Waals surface area contributed by atoms with Gasteiger partial charge in [-0.05, 0) is 99.5 Å². The summed E-state index contributed by atoms with van der Waals surface area (Å²) in [5, 5.41) is 5.28. The van der Waals surface area contributed by atoms with E-state index in [1.165, 1.54) is 218 Å². The van der Waals surface area contributed by atoms with E-state index in [-0.39, 0.29) is 25.2 Å². The predicted molar refractivity (Wildman–Crippen MR) is 313 cm³/mol. The summed E-state index contributed by atoms with van der Waals surface area (Å²) in [4.78, 5) is 10.2. The van der Waals surface area contributed by atoms with Crippen molar-refractivity contribution in [3.8, 4) is 11.5 Å². The maximum atomic E-state index is 6.17. The minimum absolute atomic E-state index is 0.120. The molecule has 2 atom stereocenters. The monoisotopic (exact) mass is 1060 g/mol. The molecule has 1 heterocycles. The zero-order chi connectivity index (χ0) is 51.3. The Morgan fingerprint density at radius 3 is 0.958 bits per heavy atom. The summed E-state index contributed by atoms with van der Waals surface area (Å²) < 4.78 is 12.3. The number of benzene rings is 2. The minimum atomic E-state index is 0.120. The SMILES string of the molecule is CCCCCCCCCCCCCCCCCCCCOc1ccc(N=C(C)C2CCCC(C(C)=Nc3ccc(OCCCCCCCCCCCCCCCCCCCC)cc3C)[N-]2)c(C)c1.[Cl][Fe+][Cl]. The van der Waals surface area contributed by atoms with Crippen LogP contribution in [0, 0.1) is 13.8 Å². The molecule has 2 aromatic carbocycles. The summed E-state index contributed by atoms with van der Waals surface area (Å²) in [7, 11) is 9.53. The first kappa shape index (κ1) is 65.6. The van der Waals surface area contributed by atoms with Gasteiger partial charge in [0.15, 0.2) is 0 Å². The summed E-state index contributed by atoms with van der Waals surface area (Å²) in [6, 6.07) is 13.0. The average Bonchev–Trinajstić information content (AvgIpc) is 3.37. The molecule has 409 valence electrons. The third kappa shape index (κ3) is 35.4. The van der Waals surface area contributed by atoms with Gasteiger partial charge in [-0.2, -0.15) is 0 Å². The van der Waals surface area contributed by atoms with Gasteiger partial charge in [0, 0.05) is 0 Å². The van der Waals surface area contributed by atoms with Crippen molar-refractivity contribution >= 4 is 43.0 Å². The van der Waals surface area contributed by atoms with Crippen LogP contribution in [0.25, 0.3) is 5.32 Å². The van der Waals surface area contributed by atoms with Crippen LogP contribution in [0.1, 0.15) is 289 Å². The molecule has 0 N–H and O–H groups in total. The van der Waals surface area contributed by atoms with Gasteiger partial charge < -0.3 is 14.8 Å². The number of nitrogens with zero attached hydrogens (tertiary/aromatic N) is 3. The Hall–Kier alpha value is -1.56. The molecule has 1 fully saturated rings. The second kappa shape index (κ2) is 46.9. The molecule has 0 amide bonds. The van der Waals surface area contributed by atoms with E-state index in [4.69, 9.17) is 45.0 Å². The van der Waals surface area contributed by atoms with Crippen LogP contribution in [-0.4, -0.2) is 36.7 Å². The van der Waals surface area contributed by atoms with E-state index in [0.29, 0.717) is 0 Å². The average molecular weight is 1070 g/mol. The van der Waals surface area contributed by atoms with Gasteiger partial charge in [-0.15, -0.1) is 0 Å². The maximum absolute atomic E-state index is 6.17. The van der Waals surface area contributed by atoms with Crippen LogP contribution in [0.2, 0.25) is 0 Å². The topological polar surface area (TPSA) is 57.3 Å². The van der Waals surface area contributed by atoms with E-state index >= 15 is 0 Å². The molecule has 0 aromatic heterocycles. The summed E-state index contributed by atoms with van der Waals surface area (Å²) >= 11 is 0.194. The summed E-state index contributed by atoms with van der Waals surface area (Å²) in [5.41, 5.74) is 6.52. The van der Waals surface area contributed by atoms with Crippen LogP contribution >= 0.6 is 20.2 Å². The molecule has 0 spiro atoms. The molecule has 0 bridgehead atoms. The Kier molecular flexibility index (Phi) is 43.3. The molecule has 2 unspecified atom stereocenters. The summed E-state index contributed by atoms with van der Waals surface area (Å²) in [6.45, 7) is 14.8. The van der Waals surface area contributed by atoms with Crippen LogP contribution in [-0.2, 0) is 13.1 Å². The van der Waals surface area contributed by atoms with Crippen molar-refractivity contribution in [3.63, 3.8) is 0 Å². The van der Waals surface area contributed by atoms with Crippen molar-refractivity contribution in [2.45, 2.75) is 304 Å². The molecule has 0 aliphatic carbocycles. The number of unbranched alkanes of at least 4 members (excludes halogenated alkanes) is 34. The van der Waals surface area contributed by atoms with Crippen LogP contribution in [0.4, 0.5) is 11.4 Å². The number of ether oxygens (including phenoxy) is 2. The standard InChI is InChI=1S/C63H108N3O2.2ClH.Fe/c1-7-9-11-13-15-17-19-21-23-25-27-29-31-33-35-37-39-41-50-67-58-46-48-60(54(3)52-58)64-56(5)62-44-43-45-63(66-62)57(6)65-61-49-47-59(53-55(61)4)68-51-42-40-38-36-34-32-30-28-26-24-22-20-18-16-14-12-10-8-2;;;/h46-49,52-53,62-63H,7-45,50-51H2,1-6H3;2*1H;/q-1;;;+3/p-2. The van der Waals surface area contributed by atoms with Gasteiger partial charge in [-0.25, -0.2) is 0 Å². The summed E-state index contributed by atoms with van der Waals surface area (Å²) in [5.74, 6) is 1.91. The second-order valence-corrected chi connectivity index (χ2v) is 23.1. The van der Waals surface area contributed by atoms with E-state index in [9.17, 15) is 0 Å². The van der Waals surface area contributed by atoms with Crippen LogP contribution in [0.15, 0.2) is 46.4 Å². The molecule has 1 saturated heterocycles. The van der Waals surface area contributed by atoms with Crippen molar-refractivity contribution in [3.05, 3.63) is 52.8 Å². The molecule has 2 aromatic rings. The number of aliphatic imine (C=N–C) groups is 2. The number of piperidine rings is 1. The van der Waals surface area contributed by atoms with E-state index in [2.05, 4.69) is 77.9 Å². The van der Waals surface area contributed by atoms with Gasteiger partial charge in [-0.3, -0.25) is 9.98 Å². The number of aryl methyl sites for hydroxylation is 2. The van der Waals surface area contributed by atoms with Crippen molar-refractivity contribution in [2.75, 3.05) is 13.2 Å². The fraction of sp³-hybridized carbons (Fsp3) is 0.778. The Morgan fingerprint density at radius 2 is 0.704 bits per heavy atom. The zero-order valence-electron chi connectivity index (χ0n) is 46.9. The Morgan fingerprint density at radius 1 is 0.451 bits per heavy atom. The number of rotatable bonds is 44. The second-order valence-electron chi connectivity index (χ2n) is 21.3. The molecular weight excluding hydrogens is 957 g/mol. The van der Waals surface area contributed by atoms with Crippen LogP contribution in [0.3, 0.4) is 0 Å². The van der Waals surface area contributed by atoms with Gasteiger partial charge in [-0.1, -0.05) is 264 Å². The normalized spacial score (nSPS) is 15.2. The van der Waals surface area contributed by atoms with Gasteiger partial charge in [0.25, 0.3) is 0 Å². The fourth-order valence-electron chi connectivity index (χ4n) is 10.1. The van der Waals surface area contributed by atoms with Crippen molar-refractivity contribution in [1.29, 1.82) is 0 Å². The first-order valence-electron chi connectivity index (χ1n) is 29.9. The predicted octanol–water partition coefficient (Wildman–Crippen LogP) is 22.7. The first-order chi connectivity index (χ1) is 34.8. The van der Waals surface area contributed by atoms with E-state index < -0.39 is 0 Å². The van der Waals surface area contributed by atoms with E-state index in [1.807, 2.05) is 0 Å². The van der Waals surface area contributed by atoms with Crippen LogP contribution in [0.5, 0.6) is 11.5 Å². The molecule has 8 heteroatoms. The summed E-state index contributed by atoms with van der Waals surface area (Å²) in [6.07, 6.45) is 53.5. The molecule has 71 heavy (non-hydrogen) atoms. The van der Waals surface area contributed by atoms with Crippen molar-refractivity contribution < 1.29 is 22.6 Å².